The molecule has 2 unspecified atom stereocenters. The van der Waals surface area contributed by atoms with Crippen molar-refractivity contribution in [1.82, 2.24) is 5.32 Å². The molecule has 0 saturated carbocycles. The second-order valence-electron chi connectivity index (χ2n) is 6.36. The normalized spacial score (nSPS) is 28.3. The van der Waals surface area contributed by atoms with Gasteiger partial charge in [-0.05, 0) is 50.2 Å². The molecule has 2 atom stereocenters. The van der Waals surface area contributed by atoms with E-state index in [2.05, 4.69) is 69.6 Å². The fourth-order valence-corrected chi connectivity index (χ4v) is 4.76. The van der Waals surface area contributed by atoms with E-state index in [-0.39, 0.29) is 0 Å². The highest BCUT2D eigenvalue weighted by atomic mass is 79.9. The van der Waals surface area contributed by atoms with Gasteiger partial charge in [0.15, 0.2) is 0 Å². The Labute approximate surface area is 134 Å². The lowest BCUT2D eigenvalue weighted by molar-refractivity contribution is 0.374. The first-order valence-corrected chi connectivity index (χ1v) is 8.70. The van der Waals surface area contributed by atoms with E-state index in [1.54, 1.807) is 0 Å². The third-order valence-electron chi connectivity index (χ3n) is 5.27. The molecule has 110 valence electrons. The third-order valence-corrected chi connectivity index (χ3v) is 5.96. The van der Waals surface area contributed by atoms with Crippen LogP contribution in [0.3, 0.4) is 0 Å². The maximum atomic E-state index is 3.69. The van der Waals surface area contributed by atoms with E-state index in [9.17, 15) is 0 Å². The van der Waals surface area contributed by atoms with E-state index in [0.717, 1.165) is 0 Å². The molecule has 21 heavy (non-hydrogen) atoms. The summed E-state index contributed by atoms with van der Waals surface area (Å²) in [6, 6.07) is 15.4. The second-order valence-corrected chi connectivity index (χ2v) is 7.22. The molecule has 2 bridgehead atoms. The largest absolute Gasteiger partial charge is 0.365 e. The molecule has 2 saturated heterocycles. The number of piperidine rings is 1. The summed E-state index contributed by atoms with van der Waals surface area (Å²) in [4.78, 5) is 2.71. The maximum absolute atomic E-state index is 3.69. The zero-order valence-electron chi connectivity index (χ0n) is 12.3. The summed E-state index contributed by atoms with van der Waals surface area (Å²) in [5.41, 5.74) is 1.43. The van der Waals surface area contributed by atoms with Gasteiger partial charge in [-0.15, -0.1) is 0 Å². The van der Waals surface area contributed by atoms with Crippen LogP contribution in [-0.2, 0) is 0 Å². The van der Waals surface area contributed by atoms with Gasteiger partial charge in [-0.25, -0.2) is 0 Å². The van der Waals surface area contributed by atoms with Crippen LogP contribution in [0.25, 0.3) is 10.8 Å². The van der Waals surface area contributed by atoms with Gasteiger partial charge in [0.2, 0.25) is 0 Å². The van der Waals surface area contributed by atoms with Crippen molar-refractivity contribution in [3.8, 4) is 0 Å². The molecule has 2 aliphatic heterocycles. The first kappa shape index (κ1) is 13.6. The molecular weight excluding hydrogens is 324 g/mol. The topological polar surface area (TPSA) is 15.3 Å². The predicted octanol–water partition coefficient (Wildman–Crippen LogP) is 4.32. The molecule has 0 aliphatic carbocycles. The maximum Gasteiger partial charge on any atom is 0.0451 e. The first-order chi connectivity index (χ1) is 10.3. The Balaban J connectivity index is 1.80. The number of benzene rings is 2. The number of nitrogens with zero attached hydrogens (tertiary/aromatic N) is 1. The number of hydrogen-bond acceptors (Lipinski definition) is 2. The Hall–Kier alpha value is -1.06. The molecule has 1 N–H and O–H groups in total. The zero-order valence-corrected chi connectivity index (χ0v) is 13.9. The molecule has 4 rings (SSSR count). The lowest BCUT2D eigenvalue weighted by atomic mass is 9.95. The van der Waals surface area contributed by atoms with Crippen LogP contribution in [0, 0.1) is 0 Å². The Morgan fingerprint density at radius 3 is 2.33 bits per heavy atom. The van der Waals surface area contributed by atoms with E-state index in [0.29, 0.717) is 18.1 Å². The Kier molecular flexibility index (Phi) is 3.43. The minimum absolute atomic E-state index is 0.695. The van der Waals surface area contributed by atoms with E-state index in [4.69, 9.17) is 0 Å². The molecule has 0 amide bonds. The quantitative estimate of drug-likeness (QED) is 0.872. The third kappa shape index (κ3) is 2.18. The SMILES string of the molecule is CNC1CC2CCC(C1)N2c1ccc(Br)c2ccccc12. The summed E-state index contributed by atoms with van der Waals surface area (Å²) in [6.07, 6.45) is 5.23. The van der Waals surface area contributed by atoms with Crippen molar-refractivity contribution in [3.05, 3.63) is 40.9 Å². The van der Waals surface area contributed by atoms with E-state index < -0.39 is 0 Å². The molecule has 0 radical (unpaired) electrons. The van der Waals surface area contributed by atoms with Crippen molar-refractivity contribution in [2.75, 3.05) is 11.9 Å². The standard InChI is InChI=1S/C18H21BrN2/c1-20-12-10-13-6-7-14(11-12)21(13)18-9-8-17(19)15-4-2-3-5-16(15)18/h2-5,8-9,12-14,20H,6-7,10-11H2,1H3. The van der Waals surface area contributed by atoms with E-state index in [1.165, 1.54) is 46.6 Å². The highest BCUT2D eigenvalue weighted by Crippen LogP contribution is 2.43. The van der Waals surface area contributed by atoms with Crippen LogP contribution < -0.4 is 10.2 Å². The van der Waals surface area contributed by atoms with E-state index >= 15 is 0 Å². The number of hydrogen-bond donors (Lipinski definition) is 1. The lowest BCUT2D eigenvalue weighted by Gasteiger charge is -2.41. The molecule has 0 spiro atoms. The number of anilines is 1. The van der Waals surface area contributed by atoms with Crippen LogP contribution in [0.15, 0.2) is 40.9 Å². The Bertz CT molecular complexity index is 655. The molecular formula is C18H21BrN2. The molecule has 2 nitrogen and oxygen atoms in total. The first-order valence-electron chi connectivity index (χ1n) is 7.91. The van der Waals surface area contributed by atoms with Gasteiger partial charge in [0.1, 0.15) is 0 Å². The minimum atomic E-state index is 0.695. The van der Waals surface area contributed by atoms with Crippen molar-refractivity contribution in [2.45, 2.75) is 43.8 Å². The Morgan fingerprint density at radius 2 is 1.67 bits per heavy atom. The van der Waals surface area contributed by atoms with Crippen molar-refractivity contribution in [1.29, 1.82) is 0 Å². The summed E-state index contributed by atoms with van der Waals surface area (Å²) in [6.45, 7) is 0. The van der Waals surface area contributed by atoms with Crippen LogP contribution in [0.5, 0.6) is 0 Å². The molecule has 3 heteroatoms. The van der Waals surface area contributed by atoms with Crippen LogP contribution in [0.4, 0.5) is 5.69 Å². The fraction of sp³-hybridized carbons (Fsp3) is 0.444. The van der Waals surface area contributed by atoms with Gasteiger partial charge in [-0.1, -0.05) is 40.2 Å². The summed E-state index contributed by atoms with van der Waals surface area (Å²) < 4.78 is 1.19. The number of rotatable bonds is 2. The number of halogens is 1. The average Bonchev–Trinajstić information content (AvgIpc) is 2.78. The van der Waals surface area contributed by atoms with Crippen molar-refractivity contribution in [3.63, 3.8) is 0 Å². The fourth-order valence-electron chi connectivity index (χ4n) is 4.28. The van der Waals surface area contributed by atoms with Gasteiger partial charge in [0.25, 0.3) is 0 Å². The monoisotopic (exact) mass is 344 g/mol. The van der Waals surface area contributed by atoms with Crippen LogP contribution in [0.1, 0.15) is 25.7 Å². The molecule has 2 aromatic rings. The predicted molar refractivity (Wildman–Crippen MR) is 93.0 cm³/mol. The lowest BCUT2D eigenvalue weighted by Crippen LogP contribution is -2.48. The summed E-state index contributed by atoms with van der Waals surface area (Å²) in [5.74, 6) is 0. The summed E-state index contributed by atoms with van der Waals surface area (Å²) >= 11 is 3.69. The van der Waals surface area contributed by atoms with Gasteiger partial charge in [0, 0.05) is 33.7 Å². The van der Waals surface area contributed by atoms with Gasteiger partial charge in [-0.2, -0.15) is 0 Å². The number of fused-ring (bicyclic) bond motifs is 3. The highest BCUT2D eigenvalue weighted by molar-refractivity contribution is 9.10. The van der Waals surface area contributed by atoms with Crippen molar-refractivity contribution in [2.24, 2.45) is 0 Å². The van der Waals surface area contributed by atoms with Gasteiger partial charge in [-0.3, -0.25) is 0 Å². The molecule has 2 fully saturated rings. The van der Waals surface area contributed by atoms with Crippen LogP contribution >= 0.6 is 15.9 Å². The zero-order chi connectivity index (χ0) is 14.4. The second kappa shape index (κ2) is 5.29. The number of nitrogens with one attached hydrogen (secondary N) is 1. The van der Waals surface area contributed by atoms with Crippen molar-refractivity contribution < 1.29 is 0 Å². The van der Waals surface area contributed by atoms with Gasteiger partial charge >= 0.3 is 0 Å². The minimum Gasteiger partial charge on any atom is -0.365 e. The summed E-state index contributed by atoms with van der Waals surface area (Å²) in [7, 11) is 2.11. The summed E-state index contributed by atoms with van der Waals surface area (Å²) in [5, 5.41) is 6.19. The van der Waals surface area contributed by atoms with Gasteiger partial charge < -0.3 is 10.2 Å². The average molecular weight is 345 g/mol. The molecule has 2 heterocycles. The van der Waals surface area contributed by atoms with Crippen LogP contribution in [0.2, 0.25) is 0 Å². The molecule has 2 aliphatic rings. The van der Waals surface area contributed by atoms with Crippen molar-refractivity contribution >= 4 is 32.4 Å². The van der Waals surface area contributed by atoms with Crippen LogP contribution in [-0.4, -0.2) is 25.2 Å². The Morgan fingerprint density at radius 1 is 1.00 bits per heavy atom. The smallest absolute Gasteiger partial charge is 0.0451 e. The molecule has 2 aromatic carbocycles. The van der Waals surface area contributed by atoms with Gasteiger partial charge in [0.05, 0.1) is 0 Å². The molecule has 0 aromatic heterocycles. The van der Waals surface area contributed by atoms with E-state index in [1.807, 2.05) is 0 Å². The highest BCUT2D eigenvalue weighted by Gasteiger charge is 2.40.